The zero-order valence-corrected chi connectivity index (χ0v) is 10.5. The average Bonchev–Trinajstić information content (AvgIpc) is 2.14. The summed E-state index contributed by atoms with van der Waals surface area (Å²) in [7, 11) is -2.52. The highest BCUT2D eigenvalue weighted by Gasteiger charge is 2.22. The monoisotopic (exact) mass is 284 g/mol. The second kappa shape index (κ2) is 4.52. The van der Waals surface area contributed by atoms with Crippen LogP contribution in [0, 0.1) is 0 Å². The summed E-state index contributed by atoms with van der Waals surface area (Å²) in [5.74, 6) is -0.838. The van der Waals surface area contributed by atoms with Crippen LogP contribution in [0.25, 0.3) is 0 Å². The number of rotatable bonds is 2. The van der Waals surface area contributed by atoms with E-state index in [1.54, 1.807) is 0 Å². The van der Waals surface area contributed by atoms with Gasteiger partial charge in [-0.05, 0) is 0 Å². The Kier molecular flexibility index (Phi) is 3.72. The Hall–Kier alpha value is -0.920. The molecule has 9 heteroatoms. The smallest absolute Gasteiger partial charge is 0.344 e. The van der Waals surface area contributed by atoms with Crippen molar-refractivity contribution in [2.45, 2.75) is 5.16 Å². The number of methoxy groups -OCH3 is 1. The van der Waals surface area contributed by atoms with Gasteiger partial charge in [-0.15, -0.1) is 0 Å². The molecule has 6 nitrogen and oxygen atoms in total. The van der Waals surface area contributed by atoms with E-state index in [1.807, 2.05) is 0 Å². The minimum absolute atomic E-state index is 0.266. The van der Waals surface area contributed by atoms with Crippen LogP contribution in [-0.2, 0) is 14.6 Å². The van der Waals surface area contributed by atoms with Gasteiger partial charge in [0.05, 0.1) is 7.11 Å². The highest BCUT2D eigenvalue weighted by Crippen LogP contribution is 2.23. The molecule has 0 aromatic carbocycles. The van der Waals surface area contributed by atoms with Crippen molar-refractivity contribution in [2.24, 2.45) is 0 Å². The molecule has 1 aromatic heterocycles. The van der Waals surface area contributed by atoms with Gasteiger partial charge in [0, 0.05) is 6.26 Å². The van der Waals surface area contributed by atoms with E-state index in [-0.39, 0.29) is 15.9 Å². The number of carbonyl (C=O) groups excluding carboxylic acids is 1. The predicted molar refractivity (Wildman–Crippen MR) is 56.5 cm³/mol. The number of hydrogen-bond acceptors (Lipinski definition) is 6. The van der Waals surface area contributed by atoms with Crippen molar-refractivity contribution in [1.82, 2.24) is 9.97 Å². The average molecular weight is 285 g/mol. The lowest BCUT2D eigenvalue weighted by molar-refractivity contribution is 0.0600. The van der Waals surface area contributed by atoms with Crippen LogP contribution in [0.3, 0.4) is 0 Å². The van der Waals surface area contributed by atoms with Crippen molar-refractivity contribution >= 4 is 39.0 Å². The summed E-state index contributed by atoms with van der Waals surface area (Å²) in [6.07, 6.45) is 0.896. The highest BCUT2D eigenvalue weighted by molar-refractivity contribution is 7.90. The third-order valence-electron chi connectivity index (χ3n) is 1.52. The molecule has 0 fully saturated rings. The Balaban J connectivity index is 3.46. The van der Waals surface area contributed by atoms with Crippen LogP contribution < -0.4 is 0 Å². The number of esters is 1. The van der Waals surface area contributed by atoms with Crippen molar-refractivity contribution in [2.75, 3.05) is 13.4 Å². The third-order valence-corrected chi connectivity index (χ3v) is 2.91. The molecule has 0 spiro atoms. The van der Waals surface area contributed by atoms with Crippen LogP contribution in [0.15, 0.2) is 5.16 Å². The number of aromatic nitrogens is 2. The van der Waals surface area contributed by atoms with Crippen molar-refractivity contribution in [1.29, 1.82) is 0 Å². The van der Waals surface area contributed by atoms with Gasteiger partial charge in [-0.1, -0.05) is 23.2 Å². The molecule has 0 bridgehead atoms. The fraction of sp³-hybridized carbons (Fsp3) is 0.286. The summed E-state index contributed by atoms with van der Waals surface area (Å²) in [6, 6.07) is 0. The van der Waals surface area contributed by atoms with Crippen LogP contribution >= 0.6 is 23.2 Å². The van der Waals surface area contributed by atoms with Crippen molar-refractivity contribution < 1.29 is 17.9 Å². The summed E-state index contributed by atoms with van der Waals surface area (Å²) >= 11 is 11.2. The summed E-state index contributed by atoms with van der Waals surface area (Å²) in [5, 5.41) is -1.28. The van der Waals surface area contributed by atoms with E-state index in [9.17, 15) is 13.2 Å². The van der Waals surface area contributed by atoms with E-state index in [4.69, 9.17) is 23.2 Å². The number of sulfone groups is 1. The number of carbonyl (C=O) groups is 1. The molecule has 1 heterocycles. The molecule has 0 saturated heterocycles. The maximum absolute atomic E-state index is 11.2. The van der Waals surface area contributed by atoms with E-state index >= 15 is 0 Å². The van der Waals surface area contributed by atoms with E-state index in [1.165, 1.54) is 0 Å². The van der Waals surface area contributed by atoms with Crippen LogP contribution in [0.4, 0.5) is 0 Å². The molecule has 0 aliphatic rings. The lowest BCUT2D eigenvalue weighted by Crippen LogP contribution is -2.11. The third kappa shape index (κ3) is 2.60. The summed E-state index contributed by atoms with van der Waals surface area (Å²) in [4.78, 5) is 18.1. The van der Waals surface area contributed by atoms with Gasteiger partial charge in [0.2, 0.25) is 15.0 Å². The van der Waals surface area contributed by atoms with Gasteiger partial charge in [0.1, 0.15) is 15.9 Å². The first-order valence-corrected chi connectivity index (χ1v) is 6.43. The Labute approximate surface area is 101 Å². The summed E-state index contributed by atoms with van der Waals surface area (Å²) in [6.45, 7) is 0. The Morgan fingerprint density at radius 3 is 2.00 bits per heavy atom. The SMILES string of the molecule is COC(=O)c1c(Cl)nc(S(C)(=O)=O)nc1Cl. The first kappa shape index (κ1) is 13.1. The fourth-order valence-electron chi connectivity index (χ4n) is 0.826. The molecular weight excluding hydrogens is 279 g/mol. The standard InChI is InChI=1S/C7H6Cl2N2O4S/c1-15-6(12)3-4(8)10-7(11-5(3)9)16(2,13)14/h1-2H3. The molecular formula is C7H6Cl2N2O4S. The molecule has 0 amide bonds. The van der Waals surface area contributed by atoms with Gasteiger partial charge in [-0.25, -0.2) is 23.2 Å². The molecule has 0 N–H and O–H groups in total. The lowest BCUT2D eigenvalue weighted by atomic mass is 10.3. The summed E-state index contributed by atoms with van der Waals surface area (Å²) < 4.78 is 26.6. The van der Waals surface area contributed by atoms with Gasteiger partial charge in [0.25, 0.3) is 0 Å². The normalized spacial score (nSPS) is 11.2. The van der Waals surface area contributed by atoms with Crippen molar-refractivity contribution in [3.8, 4) is 0 Å². The molecule has 16 heavy (non-hydrogen) atoms. The molecule has 0 saturated carbocycles. The van der Waals surface area contributed by atoms with E-state index in [0.717, 1.165) is 13.4 Å². The van der Waals surface area contributed by atoms with Crippen LogP contribution in [0.2, 0.25) is 10.3 Å². The Bertz CT molecular complexity index is 520. The highest BCUT2D eigenvalue weighted by atomic mass is 35.5. The molecule has 0 aliphatic carbocycles. The zero-order chi connectivity index (χ0) is 12.5. The molecule has 0 aliphatic heterocycles. The Morgan fingerprint density at radius 2 is 1.69 bits per heavy atom. The maximum Gasteiger partial charge on any atom is 0.344 e. The second-order valence-corrected chi connectivity index (χ2v) is 5.35. The quantitative estimate of drug-likeness (QED) is 0.457. The molecule has 0 radical (unpaired) electrons. The first-order chi connectivity index (χ1) is 7.27. The number of nitrogens with zero attached hydrogens (tertiary/aromatic N) is 2. The molecule has 1 rings (SSSR count). The number of hydrogen-bond donors (Lipinski definition) is 0. The first-order valence-electron chi connectivity index (χ1n) is 3.78. The van der Waals surface area contributed by atoms with Gasteiger partial charge in [0.15, 0.2) is 0 Å². The van der Waals surface area contributed by atoms with Crippen LogP contribution in [-0.4, -0.2) is 37.7 Å². The van der Waals surface area contributed by atoms with Crippen LogP contribution in [0.5, 0.6) is 0 Å². The molecule has 88 valence electrons. The maximum atomic E-state index is 11.2. The topological polar surface area (TPSA) is 86.2 Å². The van der Waals surface area contributed by atoms with E-state index in [2.05, 4.69) is 14.7 Å². The molecule has 1 aromatic rings. The van der Waals surface area contributed by atoms with Crippen LogP contribution in [0.1, 0.15) is 10.4 Å². The minimum Gasteiger partial charge on any atom is -0.465 e. The van der Waals surface area contributed by atoms with Crippen molar-refractivity contribution in [3.63, 3.8) is 0 Å². The van der Waals surface area contributed by atoms with Gasteiger partial charge < -0.3 is 4.74 Å². The molecule has 0 atom stereocenters. The number of halogens is 2. The van der Waals surface area contributed by atoms with Gasteiger partial charge in [-0.2, -0.15) is 0 Å². The van der Waals surface area contributed by atoms with Gasteiger partial charge >= 0.3 is 5.97 Å². The van der Waals surface area contributed by atoms with E-state index in [0.29, 0.717) is 0 Å². The van der Waals surface area contributed by atoms with Gasteiger partial charge in [-0.3, -0.25) is 0 Å². The number of ether oxygens (including phenoxy) is 1. The Morgan fingerprint density at radius 1 is 1.25 bits per heavy atom. The lowest BCUT2D eigenvalue weighted by Gasteiger charge is -2.04. The minimum atomic E-state index is -3.64. The predicted octanol–water partition coefficient (Wildman–Crippen LogP) is 0.973. The zero-order valence-electron chi connectivity index (χ0n) is 8.19. The van der Waals surface area contributed by atoms with E-state index < -0.39 is 21.0 Å². The second-order valence-electron chi connectivity index (χ2n) is 2.73. The van der Waals surface area contributed by atoms with Crippen molar-refractivity contribution in [3.05, 3.63) is 15.9 Å². The molecule has 0 unspecified atom stereocenters. The largest absolute Gasteiger partial charge is 0.465 e. The fourth-order valence-corrected chi connectivity index (χ4v) is 1.98. The summed E-state index contributed by atoms with van der Waals surface area (Å²) in [5.41, 5.74) is -0.266.